The lowest BCUT2D eigenvalue weighted by Crippen LogP contribution is -2.46. The molecule has 4 atom stereocenters. The van der Waals surface area contributed by atoms with E-state index in [1.165, 1.54) is 103 Å². The molecule has 3 aromatic rings. The van der Waals surface area contributed by atoms with E-state index in [0.29, 0.717) is 23.6 Å². The van der Waals surface area contributed by atoms with Crippen LogP contribution in [0.25, 0.3) is 5.52 Å². The molecular weight excluding hydrogens is 723 g/mol. The zero-order valence-corrected chi connectivity index (χ0v) is 34.2. The predicted molar refractivity (Wildman–Crippen MR) is 212 cm³/mol. The second-order valence-electron chi connectivity index (χ2n) is 14.5. The summed E-state index contributed by atoms with van der Waals surface area (Å²) in [6.45, 7) is 3.89. The van der Waals surface area contributed by atoms with Gasteiger partial charge in [-0.25, -0.2) is 19.0 Å². The second kappa shape index (κ2) is 26.0. The molecule has 0 amide bonds. The fourth-order valence-corrected chi connectivity index (χ4v) is 7.04. The number of methoxy groups -OCH3 is 1. The average molecular weight is 789 g/mol. The van der Waals surface area contributed by atoms with Gasteiger partial charge in [-0.15, -0.1) is 0 Å². The predicted octanol–water partition coefficient (Wildman–Crippen LogP) is 7.88. The van der Waals surface area contributed by atoms with Gasteiger partial charge in [-0.05, 0) is 37.1 Å². The third kappa shape index (κ3) is 17.8. The molecule has 3 rings (SSSR count). The second-order valence-corrected chi connectivity index (χ2v) is 16.0. The SMILES string of the molecule is CCCCCCCCCCCCCCCCCCOC[C@@H](COP(=O)(O)OC[C@@](C)(OC)[C@@H](O)Cc1ccc2c(N)ncnn12)OCc1ccc(C#N)nc1. The van der Waals surface area contributed by atoms with Gasteiger partial charge in [-0.3, -0.25) is 9.05 Å². The Labute approximate surface area is 327 Å². The number of nitrogen functional groups attached to an aromatic ring is 1. The minimum Gasteiger partial charge on any atom is -0.390 e. The zero-order valence-electron chi connectivity index (χ0n) is 33.3. The van der Waals surface area contributed by atoms with Gasteiger partial charge in [0.1, 0.15) is 35.3 Å². The van der Waals surface area contributed by atoms with Crippen molar-refractivity contribution in [1.29, 1.82) is 5.26 Å². The van der Waals surface area contributed by atoms with Crippen molar-refractivity contribution in [3.05, 3.63) is 53.7 Å². The average Bonchev–Trinajstić information content (AvgIpc) is 3.61. The molecule has 308 valence electrons. The van der Waals surface area contributed by atoms with Crippen LogP contribution < -0.4 is 5.73 Å². The quantitative estimate of drug-likeness (QED) is 0.0408. The number of hydrogen-bond donors (Lipinski definition) is 3. The number of aliphatic hydroxyl groups is 1. The Morgan fingerprint density at radius 3 is 2.13 bits per heavy atom. The first-order chi connectivity index (χ1) is 26.6. The van der Waals surface area contributed by atoms with E-state index in [0.717, 1.165) is 18.4 Å². The molecule has 0 radical (unpaired) electrons. The molecule has 0 spiro atoms. The maximum atomic E-state index is 13.0. The lowest BCUT2D eigenvalue weighted by Gasteiger charge is -2.33. The van der Waals surface area contributed by atoms with Crippen molar-refractivity contribution in [1.82, 2.24) is 19.6 Å². The van der Waals surface area contributed by atoms with Gasteiger partial charge in [0.15, 0.2) is 5.82 Å². The number of pyridine rings is 1. The van der Waals surface area contributed by atoms with Gasteiger partial charge in [0.05, 0.1) is 32.5 Å². The summed E-state index contributed by atoms with van der Waals surface area (Å²) >= 11 is 0. The smallest absolute Gasteiger partial charge is 0.390 e. The van der Waals surface area contributed by atoms with Crippen LogP contribution in [0.1, 0.15) is 134 Å². The highest BCUT2D eigenvalue weighted by Gasteiger charge is 2.38. The van der Waals surface area contributed by atoms with Crippen molar-refractivity contribution in [3.63, 3.8) is 0 Å². The number of rotatable bonds is 32. The van der Waals surface area contributed by atoms with E-state index in [-0.39, 0.29) is 31.9 Å². The van der Waals surface area contributed by atoms with Gasteiger partial charge in [0, 0.05) is 32.0 Å². The molecule has 0 bridgehead atoms. The molecule has 15 heteroatoms. The van der Waals surface area contributed by atoms with Crippen LogP contribution in [0.5, 0.6) is 0 Å². The standard InChI is InChI=1S/C40H65N6O8P/c1-4-5-6-7-8-9-10-11-12-13-14-15-16-17-18-19-24-51-29-36(52-28-33-20-21-34(26-41)43-27-33)30-53-55(48,49)54-31-40(2,50-3)38(47)25-35-22-23-37-39(42)44-32-45-46(35)37/h20-23,27,32,36,38,47H,4-19,24-25,28-31H2,1-3H3,(H,48,49)(H2,42,44,45)/t36-,38-,40+/m0/s1. The van der Waals surface area contributed by atoms with E-state index in [1.807, 2.05) is 6.07 Å². The summed E-state index contributed by atoms with van der Waals surface area (Å²) in [5, 5.41) is 24.4. The van der Waals surface area contributed by atoms with Crippen molar-refractivity contribution in [2.24, 2.45) is 0 Å². The number of hydrogen-bond acceptors (Lipinski definition) is 12. The molecule has 55 heavy (non-hydrogen) atoms. The lowest BCUT2D eigenvalue weighted by atomic mass is 9.96. The van der Waals surface area contributed by atoms with E-state index >= 15 is 0 Å². The molecule has 0 aliphatic carbocycles. The normalized spacial score (nSPS) is 15.1. The van der Waals surface area contributed by atoms with E-state index in [9.17, 15) is 14.6 Å². The summed E-state index contributed by atoms with van der Waals surface area (Å²) < 4.78 is 42.7. The fourth-order valence-electron chi connectivity index (χ4n) is 6.19. The Hall–Kier alpha value is -2.99. The highest BCUT2D eigenvalue weighted by Crippen LogP contribution is 2.44. The Morgan fingerprint density at radius 1 is 0.909 bits per heavy atom. The van der Waals surface area contributed by atoms with Crippen molar-refractivity contribution in [2.45, 2.75) is 147 Å². The molecule has 0 aromatic carbocycles. The molecule has 14 nitrogen and oxygen atoms in total. The minimum atomic E-state index is -4.61. The summed E-state index contributed by atoms with van der Waals surface area (Å²) in [7, 11) is -3.23. The molecule has 1 unspecified atom stereocenters. The molecule has 0 saturated heterocycles. The van der Waals surface area contributed by atoms with Crippen LogP contribution in [0.2, 0.25) is 0 Å². The van der Waals surface area contributed by atoms with Crippen LogP contribution in [0.15, 0.2) is 36.8 Å². The summed E-state index contributed by atoms with van der Waals surface area (Å²) in [6, 6.07) is 8.82. The van der Waals surface area contributed by atoms with Gasteiger partial charge in [-0.1, -0.05) is 109 Å². The highest BCUT2D eigenvalue weighted by molar-refractivity contribution is 7.47. The molecular formula is C40H65N6O8P. The summed E-state index contributed by atoms with van der Waals surface area (Å²) in [4.78, 5) is 18.7. The van der Waals surface area contributed by atoms with Gasteiger partial charge in [0.25, 0.3) is 0 Å². The number of phosphoric ester groups is 1. The molecule has 4 N–H and O–H groups in total. The first-order valence-corrected chi connectivity index (χ1v) is 21.6. The number of phosphoric acid groups is 1. The minimum absolute atomic E-state index is 0.0891. The molecule has 0 aliphatic rings. The van der Waals surface area contributed by atoms with Crippen LogP contribution in [-0.4, -0.2) is 80.9 Å². The number of aliphatic hydroxyl groups excluding tert-OH is 1. The lowest BCUT2D eigenvalue weighted by molar-refractivity contribution is -0.116. The number of ether oxygens (including phenoxy) is 3. The topological polar surface area (TPSA) is 197 Å². The fraction of sp³-hybridized carbons (Fsp3) is 0.700. The maximum Gasteiger partial charge on any atom is 0.472 e. The van der Waals surface area contributed by atoms with Gasteiger partial charge in [-0.2, -0.15) is 10.4 Å². The summed E-state index contributed by atoms with van der Waals surface area (Å²) in [5.74, 6) is 0.299. The molecule has 0 fully saturated rings. The van der Waals surface area contributed by atoms with Crippen molar-refractivity contribution in [3.8, 4) is 6.07 Å². The van der Waals surface area contributed by atoms with E-state index < -0.39 is 32.2 Å². The Kier molecular flexibility index (Phi) is 22.0. The Morgan fingerprint density at radius 2 is 1.55 bits per heavy atom. The van der Waals surface area contributed by atoms with Crippen LogP contribution in [0, 0.1) is 11.3 Å². The molecule has 3 heterocycles. The number of anilines is 1. The van der Waals surface area contributed by atoms with Crippen molar-refractivity contribution in [2.75, 3.05) is 39.3 Å². The Balaban J connectivity index is 1.38. The third-order valence-corrected chi connectivity index (χ3v) is 10.9. The summed E-state index contributed by atoms with van der Waals surface area (Å²) in [6.07, 6.45) is 21.8. The maximum absolute atomic E-state index is 13.0. The molecule has 0 aliphatic heterocycles. The zero-order chi connectivity index (χ0) is 39.8. The number of nitriles is 1. The van der Waals surface area contributed by atoms with Crippen LogP contribution in [0.3, 0.4) is 0 Å². The van der Waals surface area contributed by atoms with Crippen molar-refractivity contribution < 1.29 is 37.8 Å². The number of fused-ring (bicyclic) bond motifs is 1. The number of nitrogens with two attached hydrogens (primary N) is 1. The first kappa shape index (κ1) is 46.4. The van der Waals surface area contributed by atoms with E-state index in [4.69, 9.17) is 34.3 Å². The Bertz CT molecular complexity index is 1570. The van der Waals surface area contributed by atoms with E-state index in [2.05, 4.69) is 22.0 Å². The van der Waals surface area contributed by atoms with Gasteiger partial charge >= 0.3 is 7.82 Å². The number of aromatic nitrogens is 4. The van der Waals surface area contributed by atoms with Crippen molar-refractivity contribution >= 4 is 19.2 Å². The van der Waals surface area contributed by atoms with Crippen LogP contribution >= 0.6 is 7.82 Å². The van der Waals surface area contributed by atoms with Gasteiger partial charge in [0.2, 0.25) is 0 Å². The monoisotopic (exact) mass is 788 g/mol. The summed E-state index contributed by atoms with van der Waals surface area (Å²) in [5.41, 5.74) is 6.79. The first-order valence-electron chi connectivity index (χ1n) is 20.1. The highest BCUT2D eigenvalue weighted by atomic mass is 31.2. The van der Waals surface area contributed by atoms with Crippen LogP contribution in [0.4, 0.5) is 5.82 Å². The number of nitrogens with zero attached hydrogens (tertiary/aromatic N) is 5. The number of unbranched alkanes of at least 4 members (excludes halogenated alkanes) is 15. The van der Waals surface area contributed by atoms with Gasteiger partial charge < -0.3 is 29.9 Å². The third-order valence-electron chi connectivity index (χ3n) is 9.94. The molecule has 0 saturated carbocycles. The van der Waals surface area contributed by atoms with Crippen LogP contribution in [-0.2, 0) is 40.9 Å². The van der Waals surface area contributed by atoms with E-state index in [1.54, 1.807) is 41.9 Å². The largest absolute Gasteiger partial charge is 0.472 e. The molecule has 3 aromatic heterocycles.